The van der Waals surface area contributed by atoms with Gasteiger partial charge in [0.1, 0.15) is 6.61 Å². The number of hydrogen-bond donors (Lipinski definition) is 3. The second-order valence-corrected chi connectivity index (χ2v) is 6.22. The van der Waals surface area contributed by atoms with E-state index in [1.807, 2.05) is 49.4 Å². The molecule has 0 bridgehead atoms. The molecule has 0 fully saturated rings. The van der Waals surface area contributed by atoms with Crippen molar-refractivity contribution in [3.8, 4) is 11.5 Å². The summed E-state index contributed by atoms with van der Waals surface area (Å²) >= 11 is 0. The largest absolute Gasteiger partial charge is 0.490 e. The molecule has 1 atom stereocenters. The molecule has 26 heavy (non-hydrogen) atoms. The average molecular weight is 358 g/mol. The number of nitrogens with one attached hydrogen (secondary N) is 2. The lowest BCUT2D eigenvalue weighted by Crippen LogP contribution is -2.31. The van der Waals surface area contributed by atoms with Crippen molar-refractivity contribution in [1.82, 2.24) is 10.6 Å². The number of rotatable bonds is 12. The molecule has 2 aromatic rings. The van der Waals surface area contributed by atoms with Crippen LogP contribution in [0.1, 0.15) is 25.0 Å². The monoisotopic (exact) mass is 358 g/mol. The zero-order chi connectivity index (χ0) is 18.6. The number of hydrogen-bond acceptors (Lipinski definition) is 5. The first-order chi connectivity index (χ1) is 12.7. The molecule has 3 N–H and O–H groups in total. The fourth-order valence-corrected chi connectivity index (χ4v) is 2.51. The lowest BCUT2D eigenvalue weighted by Gasteiger charge is -2.14. The van der Waals surface area contributed by atoms with Crippen molar-refractivity contribution in [2.24, 2.45) is 0 Å². The average Bonchev–Trinajstić information content (AvgIpc) is 2.65. The van der Waals surface area contributed by atoms with Crippen LogP contribution in [-0.4, -0.2) is 37.5 Å². The third kappa shape index (κ3) is 7.44. The van der Waals surface area contributed by atoms with Crippen LogP contribution in [0.4, 0.5) is 0 Å². The van der Waals surface area contributed by atoms with Crippen LogP contribution < -0.4 is 20.1 Å². The van der Waals surface area contributed by atoms with Crippen molar-refractivity contribution >= 4 is 0 Å². The minimum atomic E-state index is -0.313. The summed E-state index contributed by atoms with van der Waals surface area (Å²) in [4.78, 5) is 0. The molecule has 0 saturated heterocycles. The van der Waals surface area contributed by atoms with E-state index in [1.165, 1.54) is 0 Å². The van der Waals surface area contributed by atoms with E-state index in [2.05, 4.69) is 16.7 Å². The summed E-state index contributed by atoms with van der Waals surface area (Å²) in [5.74, 6) is 1.54. The van der Waals surface area contributed by atoms with Crippen LogP contribution in [0.3, 0.4) is 0 Å². The Morgan fingerprint density at radius 2 is 1.69 bits per heavy atom. The van der Waals surface area contributed by atoms with Crippen LogP contribution in [0.15, 0.2) is 48.5 Å². The Balaban J connectivity index is 1.84. The van der Waals surface area contributed by atoms with E-state index in [0.717, 1.165) is 42.3 Å². The Morgan fingerprint density at radius 1 is 0.923 bits per heavy atom. The van der Waals surface area contributed by atoms with Gasteiger partial charge in [-0.15, -0.1) is 0 Å². The van der Waals surface area contributed by atoms with Crippen molar-refractivity contribution in [2.45, 2.75) is 33.1 Å². The molecule has 0 aliphatic heterocycles. The van der Waals surface area contributed by atoms with E-state index in [4.69, 9.17) is 9.47 Å². The van der Waals surface area contributed by atoms with Crippen molar-refractivity contribution in [2.75, 3.05) is 26.2 Å². The highest BCUT2D eigenvalue weighted by atomic mass is 16.5. The molecule has 0 aliphatic rings. The highest BCUT2D eigenvalue weighted by Crippen LogP contribution is 2.29. The van der Waals surface area contributed by atoms with Gasteiger partial charge in [-0.1, -0.05) is 36.4 Å². The zero-order valence-corrected chi connectivity index (χ0v) is 15.7. The van der Waals surface area contributed by atoms with Gasteiger partial charge in [-0.2, -0.15) is 0 Å². The lowest BCUT2D eigenvalue weighted by molar-refractivity contribution is 0.191. The summed E-state index contributed by atoms with van der Waals surface area (Å²) < 4.78 is 11.7. The van der Waals surface area contributed by atoms with Gasteiger partial charge in [-0.05, 0) is 37.1 Å². The zero-order valence-electron chi connectivity index (χ0n) is 15.7. The lowest BCUT2D eigenvalue weighted by atomic mass is 10.2. The second kappa shape index (κ2) is 11.5. The van der Waals surface area contributed by atoms with Gasteiger partial charge in [0.05, 0.1) is 12.7 Å². The standard InChI is InChI=1S/C21H30N2O3/c1-3-25-21-13-19(15-23-12-11-22-14-17(2)24)9-10-20(21)26-16-18-7-5-4-6-8-18/h4-10,13,17,22-24H,3,11-12,14-16H2,1-2H3/t17-/m0/s1. The van der Waals surface area contributed by atoms with Crippen LogP contribution >= 0.6 is 0 Å². The Labute approximate surface area is 156 Å². The predicted octanol–water partition coefficient (Wildman–Crippen LogP) is 2.72. The number of aliphatic hydroxyl groups is 1. The molecule has 2 aromatic carbocycles. The Morgan fingerprint density at radius 3 is 2.42 bits per heavy atom. The molecule has 142 valence electrons. The molecule has 5 heteroatoms. The predicted molar refractivity (Wildman–Crippen MR) is 105 cm³/mol. The molecule has 0 amide bonds. The fourth-order valence-electron chi connectivity index (χ4n) is 2.51. The highest BCUT2D eigenvalue weighted by Gasteiger charge is 2.07. The maximum Gasteiger partial charge on any atom is 0.161 e. The first-order valence-electron chi connectivity index (χ1n) is 9.21. The maximum atomic E-state index is 9.20. The van der Waals surface area contributed by atoms with E-state index < -0.39 is 0 Å². The third-order valence-electron chi connectivity index (χ3n) is 3.79. The van der Waals surface area contributed by atoms with Crippen molar-refractivity contribution in [3.05, 3.63) is 59.7 Å². The molecule has 2 rings (SSSR count). The van der Waals surface area contributed by atoms with Crippen LogP contribution in [-0.2, 0) is 13.2 Å². The fraction of sp³-hybridized carbons (Fsp3) is 0.429. The summed E-state index contributed by atoms with van der Waals surface area (Å²) in [6.07, 6.45) is -0.313. The first-order valence-corrected chi connectivity index (χ1v) is 9.21. The summed E-state index contributed by atoms with van der Waals surface area (Å²) in [7, 11) is 0. The second-order valence-electron chi connectivity index (χ2n) is 6.22. The van der Waals surface area contributed by atoms with Gasteiger partial charge in [0.2, 0.25) is 0 Å². The topological polar surface area (TPSA) is 62.8 Å². The smallest absolute Gasteiger partial charge is 0.161 e. The highest BCUT2D eigenvalue weighted by molar-refractivity contribution is 5.43. The van der Waals surface area contributed by atoms with Gasteiger partial charge < -0.3 is 25.2 Å². The van der Waals surface area contributed by atoms with E-state index in [1.54, 1.807) is 6.92 Å². The summed E-state index contributed by atoms with van der Waals surface area (Å²) in [5, 5.41) is 15.8. The molecule has 0 heterocycles. The van der Waals surface area contributed by atoms with Gasteiger partial charge in [0.25, 0.3) is 0 Å². The number of aliphatic hydroxyl groups excluding tert-OH is 1. The maximum absolute atomic E-state index is 9.20. The Hall–Kier alpha value is -2.08. The molecular weight excluding hydrogens is 328 g/mol. The quantitative estimate of drug-likeness (QED) is 0.509. The summed E-state index contributed by atoms with van der Waals surface area (Å²) in [6.45, 7) is 7.90. The SMILES string of the molecule is CCOc1cc(CNCCNC[C@H](C)O)ccc1OCc1ccccc1. The minimum Gasteiger partial charge on any atom is -0.490 e. The first kappa shape index (κ1) is 20.2. The minimum absolute atomic E-state index is 0.313. The van der Waals surface area contributed by atoms with Gasteiger partial charge in [-0.3, -0.25) is 0 Å². The number of benzene rings is 2. The van der Waals surface area contributed by atoms with E-state index >= 15 is 0 Å². The van der Waals surface area contributed by atoms with Crippen molar-refractivity contribution in [1.29, 1.82) is 0 Å². The van der Waals surface area contributed by atoms with Crippen molar-refractivity contribution in [3.63, 3.8) is 0 Å². The van der Waals surface area contributed by atoms with Crippen LogP contribution in [0.2, 0.25) is 0 Å². The Bertz CT molecular complexity index is 632. The molecule has 0 radical (unpaired) electrons. The van der Waals surface area contributed by atoms with Crippen LogP contribution in [0, 0.1) is 0 Å². The summed E-state index contributed by atoms with van der Waals surface area (Å²) in [5.41, 5.74) is 2.28. The van der Waals surface area contributed by atoms with E-state index in [-0.39, 0.29) is 6.10 Å². The van der Waals surface area contributed by atoms with Crippen LogP contribution in [0.5, 0.6) is 11.5 Å². The molecule has 0 spiro atoms. The molecule has 0 aliphatic carbocycles. The molecule has 0 aromatic heterocycles. The van der Waals surface area contributed by atoms with E-state index in [9.17, 15) is 5.11 Å². The molecule has 0 saturated carbocycles. The van der Waals surface area contributed by atoms with Gasteiger partial charge in [0, 0.05) is 26.2 Å². The molecule has 5 nitrogen and oxygen atoms in total. The Kier molecular flexibility index (Phi) is 8.96. The molecule has 0 unspecified atom stereocenters. The van der Waals surface area contributed by atoms with Gasteiger partial charge >= 0.3 is 0 Å². The summed E-state index contributed by atoms with van der Waals surface area (Å²) in [6, 6.07) is 16.2. The van der Waals surface area contributed by atoms with Gasteiger partial charge in [-0.25, -0.2) is 0 Å². The van der Waals surface area contributed by atoms with Crippen LogP contribution in [0.25, 0.3) is 0 Å². The normalized spacial score (nSPS) is 12.0. The third-order valence-corrected chi connectivity index (χ3v) is 3.79. The van der Waals surface area contributed by atoms with E-state index in [0.29, 0.717) is 19.8 Å². The van der Waals surface area contributed by atoms with Crippen molar-refractivity contribution < 1.29 is 14.6 Å². The molecular formula is C21H30N2O3. The number of ether oxygens (including phenoxy) is 2. The van der Waals surface area contributed by atoms with Gasteiger partial charge in [0.15, 0.2) is 11.5 Å².